The molecule has 2 aromatic rings. The van der Waals surface area contributed by atoms with Crippen LogP contribution in [0.2, 0.25) is 0 Å². The van der Waals surface area contributed by atoms with Gasteiger partial charge in [0.1, 0.15) is 17.2 Å². The van der Waals surface area contributed by atoms with Crippen LogP contribution < -0.4 is 20.1 Å². The van der Waals surface area contributed by atoms with Crippen molar-refractivity contribution in [3.63, 3.8) is 0 Å². The zero-order valence-corrected chi connectivity index (χ0v) is 15.0. The maximum atomic E-state index is 12.5. The second-order valence-corrected chi connectivity index (χ2v) is 7.16. The molecule has 1 aliphatic carbocycles. The summed E-state index contributed by atoms with van der Waals surface area (Å²) in [5, 5.41) is 6.42. The highest BCUT2D eigenvalue weighted by atomic mass is 16.5. The van der Waals surface area contributed by atoms with E-state index in [4.69, 9.17) is 9.47 Å². The molecule has 1 spiro atoms. The summed E-state index contributed by atoms with van der Waals surface area (Å²) in [6.07, 6.45) is 3.24. The summed E-state index contributed by atoms with van der Waals surface area (Å²) in [6.45, 7) is 2.06. The van der Waals surface area contributed by atoms with Gasteiger partial charge in [-0.1, -0.05) is 6.07 Å². The van der Waals surface area contributed by atoms with Crippen molar-refractivity contribution < 1.29 is 14.3 Å². The molecular formula is C21H24N2O3. The summed E-state index contributed by atoms with van der Waals surface area (Å²) >= 11 is 0. The second-order valence-electron chi connectivity index (χ2n) is 7.16. The Labute approximate surface area is 153 Å². The van der Waals surface area contributed by atoms with E-state index in [1.165, 1.54) is 0 Å². The SMILES string of the molecule is COc1cccc(Oc2ccc(NC(=O)C3CC34CCNCC4)cc2)c1. The Morgan fingerprint density at radius 1 is 1.08 bits per heavy atom. The van der Waals surface area contributed by atoms with Crippen LogP contribution in [0.25, 0.3) is 0 Å². The highest BCUT2D eigenvalue weighted by Gasteiger charge is 2.57. The molecule has 2 N–H and O–H groups in total. The van der Waals surface area contributed by atoms with Crippen molar-refractivity contribution in [2.75, 3.05) is 25.5 Å². The monoisotopic (exact) mass is 352 g/mol. The first-order valence-electron chi connectivity index (χ1n) is 9.12. The lowest BCUT2D eigenvalue weighted by Crippen LogP contribution is -2.31. The van der Waals surface area contributed by atoms with E-state index in [-0.39, 0.29) is 17.2 Å². The molecule has 5 heteroatoms. The number of hydrogen-bond donors (Lipinski definition) is 2. The lowest BCUT2D eigenvalue weighted by atomic mass is 9.92. The van der Waals surface area contributed by atoms with Gasteiger partial charge in [0.15, 0.2) is 0 Å². The van der Waals surface area contributed by atoms with Gasteiger partial charge >= 0.3 is 0 Å². The molecule has 2 aromatic carbocycles. The molecule has 1 heterocycles. The topological polar surface area (TPSA) is 59.6 Å². The van der Waals surface area contributed by atoms with Gasteiger partial charge in [-0.05, 0) is 74.2 Å². The fraction of sp³-hybridized carbons (Fsp3) is 0.381. The number of nitrogens with one attached hydrogen (secondary N) is 2. The molecule has 1 saturated carbocycles. The summed E-state index contributed by atoms with van der Waals surface area (Å²) < 4.78 is 11.0. The van der Waals surface area contributed by atoms with Crippen molar-refractivity contribution in [3.05, 3.63) is 48.5 Å². The normalized spacial score (nSPS) is 20.4. The molecular weight excluding hydrogens is 328 g/mol. The van der Waals surface area contributed by atoms with Gasteiger partial charge in [0.2, 0.25) is 5.91 Å². The molecule has 0 radical (unpaired) electrons. The summed E-state index contributed by atoms with van der Waals surface area (Å²) in [6, 6.07) is 15.0. The summed E-state index contributed by atoms with van der Waals surface area (Å²) in [4.78, 5) is 12.5. The first kappa shape index (κ1) is 16.9. The van der Waals surface area contributed by atoms with Crippen LogP contribution in [-0.2, 0) is 4.79 Å². The van der Waals surface area contributed by atoms with Crippen LogP contribution in [0, 0.1) is 11.3 Å². The van der Waals surface area contributed by atoms with Crippen LogP contribution in [0.1, 0.15) is 19.3 Å². The molecule has 2 aliphatic rings. The molecule has 0 aromatic heterocycles. The minimum atomic E-state index is 0.147. The fourth-order valence-corrected chi connectivity index (χ4v) is 3.83. The molecule has 1 amide bonds. The van der Waals surface area contributed by atoms with Gasteiger partial charge in [-0.25, -0.2) is 0 Å². The van der Waals surface area contributed by atoms with E-state index >= 15 is 0 Å². The first-order valence-corrected chi connectivity index (χ1v) is 9.12. The highest BCUT2D eigenvalue weighted by Crippen LogP contribution is 2.58. The summed E-state index contributed by atoms with van der Waals surface area (Å²) in [5.74, 6) is 2.50. The van der Waals surface area contributed by atoms with Crippen LogP contribution in [-0.4, -0.2) is 26.1 Å². The maximum Gasteiger partial charge on any atom is 0.228 e. The van der Waals surface area contributed by atoms with E-state index in [2.05, 4.69) is 10.6 Å². The third-order valence-corrected chi connectivity index (χ3v) is 5.50. The smallest absolute Gasteiger partial charge is 0.228 e. The van der Waals surface area contributed by atoms with Gasteiger partial charge in [0.05, 0.1) is 7.11 Å². The van der Waals surface area contributed by atoms with Crippen LogP contribution in [0.3, 0.4) is 0 Å². The Bertz CT molecular complexity index is 782. The van der Waals surface area contributed by atoms with Gasteiger partial charge in [-0.2, -0.15) is 0 Å². The van der Waals surface area contributed by atoms with Crippen LogP contribution >= 0.6 is 0 Å². The number of methoxy groups -OCH3 is 1. The average molecular weight is 352 g/mol. The van der Waals surface area contributed by atoms with Crippen molar-refractivity contribution >= 4 is 11.6 Å². The minimum Gasteiger partial charge on any atom is -0.497 e. The van der Waals surface area contributed by atoms with Crippen LogP contribution in [0.4, 0.5) is 5.69 Å². The fourth-order valence-electron chi connectivity index (χ4n) is 3.83. The molecule has 4 rings (SSSR count). The van der Waals surface area contributed by atoms with Crippen molar-refractivity contribution in [1.29, 1.82) is 0 Å². The van der Waals surface area contributed by atoms with Crippen molar-refractivity contribution in [1.82, 2.24) is 5.32 Å². The Morgan fingerprint density at radius 3 is 2.54 bits per heavy atom. The van der Waals surface area contributed by atoms with E-state index in [0.717, 1.165) is 49.5 Å². The Morgan fingerprint density at radius 2 is 1.81 bits per heavy atom. The summed E-state index contributed by atoms with van der Waals surface area (Å²) in [5.41, 5.74) is 1.06. The van der Waals surface area contributed by atoms with Gasteiger partial charge in [0.25, 0.3) is 0 Å². The molecule has 0 bridgehead atoms. The standard InChI is InChI=1S/C21H24N2O3/c1-25-17-3-2-4-18(13-17)26-16-7-5-15(6-8-16)23-20(24)19-14-21(19)9-11-22-12-10-21/h2-8,13,19,22H,9-12,14H2,1H3,(H,23,24). The quantitative estimate of drug-likeness (QED) is 0.859. The number of anilines is 1. The number of carbonyl (C=O) groups is 1. The van der Waals surface area contributed by atoms with E-state index < -0.39 is 0 Å². The third kappa shape index (κ3) is 3.53. The molecule has 1 saturated heterocycles. The second kappa shape index (κ2) is 7.00. The zero-order chi connectivity index (χ0) is 18.0. The van der Waals surface area contributed by atoms with Crippen LogP contribution in [0.15, 0.2) is 48.5 Å². The number of rotatable bonds is 5. The highest BCUT2D eigenvalue weighted by molar-refractivity contribution is 5.95. The Kier molecular flexibility index (Phi) is 4.55. The van der Waals surface area contributed by atoms with Gasteiger partial charge in [-0.3, -0.25) is 4.79 Å². The predicted molar refractivity (Wildman–Crippen MR) is 101 cm³/mol. The van der Waals surface area contributed by atoms with E-state index in [1.807, 2.05) is 48.5 Å². The first-order chi connectivity index (χ1) is 12.7. The van der Waals surface area contributed by atoms with E-state index in [9.17, 15) is 4.79 Å². The van der Waals surface area contributed by atoms with E-state index in [0.29, 0.717) is 5.75 Å². The Balaban J connectivity index is 1.35. The third-order valence-electron chi connectivity index (χ3n) is 5.50. The molecule has 2 fully saturated rings. The zero-order valence-electron chi connectivity index (χ0n) is 15.0. The maximum absolute atomic E-state index is 12.5. The van der Waals surface area contributed by atoms with Gasteiger partial charge in [0, 0.05) is 17.7 Å². The number of benzene rings is 2. The molecule has 1 unspecified atom stereocenters. The van der Waals surface area contributed by atoms with E-state index in [1.54, 1.807) is 7.11 Å². The minimum absolute atomic E-state index is 0.147. The van der Waals surface area contributed by atoms with Crippen molar-refractivity contribution in [2.24, 2.45) is 11.3 Å². The Hall–Kier alpha value is -2.53. The lowest BCUT2D eigenvalue weighted by molar-refractivity contribution is -0.118. The predicted octanol–water partition coefficient (Wildman–Crippen LogP) is 3.82. The molecule has 5 nitrogen and oxygen atoms in total. The number of ether oxygens (including phenoxy) is 2. The number of piperidine rings is 1. The largest absolute Gasteiger partial charge is 0.497 e. The van der Waals surface area contributed by atoms with Crippen LogP contribution in [0.5, 0.6) is 17.2 Å². The number of hydrogen-bond acceptors (Lipinski definition) is 4. The van der Waals surface area contributed by atoms with Crippen molar-refractivity contribution in [3.8, 4) is 17.2 Å². The van der Waals surface area contributed by atoms with Gasteiger partial charge in [-0.15, -0.1) is 0 Å². The van der Waals surface area contributed by atoms with Crippen molar-refractivity contribution in [2.45, 2.75) is 19.3 Å². The molecule has 1 aliphatic heterocycles. The average Bonchev–Trinajstić information content (AvgIpc) is 3.37. The molecule has 1 atom stereocenters. The molecule has 136 valence electrons. The summed E-state index contributed by atoms with van der Waals surface area (Å²) in [7, 11) is 1.63. The number of amides is 1. The number of carbonyl (C=O) groups excluding carboxylic acids is 1. The van der Waals surface area contributed by atoms with Gasteiger partial charge < -0.3 is 20.1 Å². The molecule has 26 heavy (non-hydrogen) atoms. The lowest BCUT2D eigenvalue weighted by Gasteiger charge is -2.23.